The van der Waals surface area contributed by atoms with Crippen LogP contribution in [0.15, 0.2) is 24.3 Å². The third-order valence-electron chi connectivity index (χ3n) is 3.83. The van der Waals surface area contributed by atoms with E-state index in [2.05, 4.69) is 22.5 Å². The Morgan fingerprint density at radius 3 is 2.68 bits per heavy atom. The number of piperidine rings is 1. The first-order valence-electron chi connectivity index (χ1n) is 7.70. The maximum Gasteiger partial charge on any atom is 0.238 e. The van der Waals surface area contributed by atoms with Gasteiger partial charge in [0.25, 0.3) is 0 Å². The highest BCUT2D eigenvalue weighted by Crippen LogP contribution is 2.15. The average molecular weight is 330 g/mol. The number of rotatable bonds is 6. The highest BCUT2D eigenvalue weighted by Gasteiger charge is 2.22. The average Bonchev–Trinajstić information content (AvgIpc) is 2.50. The van der Waals surface area contributed by atoms with Crippen molar-refractivity contribution in [1.82, 2.24) is 10.2 Å². The number of benzene rings is 1. The van der Waals surface area contributed by atoms with E-state index in [-0.39, 0.29) is 24.0 Å². The maximum absolute atomic E-state index is 13.6. The maximum atomic E-state index is 13.6. The van der Waals surface area contributed by atoms with Crippen molar-refractivity contribution in [2.45, 2.75) is 32.2 Å². The standard InChI is InChI=1S/C16H24FN3O.ClH/c1-2-11-20(13-7-9-18-10-8-13)12-16(21)19-15-6-4-3-5-14(15)17;/h3-6,13,18H,2,7-12H2,1H3,(H,19,21);1H. The van der Waals surface area contributed by atoms with E-state index >= 15 is 0 Å². The molecule has 1 fully saturated rings. The van der Waals surface area contributed by atoms with Gasteiger partial charge >= 0.3 is 0 Å². The molecule has 0 bridgehead atoms. The Bertz CT molecular complexity index is 466. The third kappa shape index (κ3) is 5.55. The molecule has 1 saturated heterocycles. The van der Waals surface area contributed by atoms with Crippen molar-refractivity contribution in [2.24, 2.45) is 0 Å². The fourth-order valence-electron chi connectivity index (χ4n) is 2.79. The van der Waals surface area contributed by atoms with Crippen LogP contribution < -0.4 is 10.6 Å². The number of hydrogen-bond acceptors (Lipinski definition) is 3. The Morgan fingerprint density at radius 1 is 1.36 bits per heavy atom. The lowest BCUT2D eigenvalue weighted by Crippen LogP contribution is -2.46. The first-order valence-corrected chi connectivity index (χ1v) is 7.70. The van der Waals surface area contributed by atoms with Crippen molar-refractivity contribution in [3.63, 3.8) is 0 Å². The number of nitrogens with one attached hydrogen (secondary N) is 2. The van der Waals surface area contributed by atoms with Gasteiger partial charge in [0.15, 0.2) is 0 Å². The van der Waals surface area contributed by atoms with E-state index in [0.29, 0.717) is 12.6 Å². The predicted octanol–water partition coefficient (Wildman–Crippen LogP) is 2.65. The van der Waals surface area contributed by atoms with Crippen molar-refractivity contribution in [3.8, 4) is 0 Å². The smallest absolute Gasteiger partial charge is 0.238 e. The first-order chi connectivity index (χ1) is 10.2. The number of halogens is 2. The molecule has 124 valence electrons. The van der Waals surface area contributed by atoms with Gasteiger partial charge in [0.05, 0.1) is 12.2 Å². The topological polar surface area (TPSA) is 44.4 Å². The summed E-state index contributed by atoms with van der Waals surface area (Å²) in [4.78, 5) is 14.4. The monoisotopic (exact) mass is 329 g/mol. The summed E-state index contributed by atoms with van der Waals surface area (Å²) in [6.07, 6.45) is 3.14. The second-order valence-corrected chi connectivity index (χ2v) is 5.48. The molecular weight excluding hydrogens is 305 g/mol. The Kier molecular flexibility index (Phi) is 8.38. The third-order valence-corrected chi connectivity index (χ3v) is 3.83. The van der Waals surface area contributed by atoms with Crippen LogP contribution in [0.5, 0.6) is 0 Å². The van der Waals surface area contributed by atoms with Gasteiger partial charge in [-0.1, -0.05) is 19.1 Å². The van der Waals surface area contributed by atoms with E-state index in [4.69, 9.17) is 0 Å². The summed E-state index contributed by atoms with van der Waals surface area (Å²) < 4.78 is 13.6. The van der Waals surface area contributed by atoms with Crippen molar-refractivity contribution < 1.29 is 9.18 Å². The summed E-state index contributed by atoms with van der Waals surface area (Å²) in [5.41, 5.74) is 0.254. The van der Waals surface area contributed by atoms with Crippen molar-refractivity contribution >= 4 is 24.0 Å². The van der Waals surface area contributed by atoms with Gasteiger partial charge in [0, 0.05) is 6.04 Å². The molecule has 2 N–H and O–H groups in total. The zero-order valence-electron chi connectivity index (χ0n) is 13.0. The highest BCUT2D eigenvalue weighted by atomic mass is 35.5. The largest absolute Gasteiger partial charge is 0.322 e. The fraction of sp³-hybridized carbons (Fsp3) is 0.562. The Balaban J connectivity index is 0.00000242. The lowest BCUT2D eigenvalue weighted by molar-refractivity contribution is -0.118. The van der Waals surface area contributed by atoms with Crippen LogP contribution in [0.1, 0.15) is 26.2 Å². The quantitative estimate of drug-likeness (QED) is 0.843. The van der Waals surface area contributed by atoms with Crippen LogP contribution in [-0.4, -0.2) is 43.0 Å². The van der Waals surface area contributed by atoms with Crippen LogP contribution in [0.2, 0.25) is 0 Å². The molecule has 1 aliphatic rings. The van der Waals surface area contributed by atoms with Crippen molar-refractivity contribution in [3.05, 3.63) is 30.1 Å². The van der Waals surface area contributed by atoms with Gasteiger partial charge in [0.2, 0.25) is 5.91 Å². The molecule has 0 aromatic heterocycles. The molecule has 0 saturated carbocycles. The minimum Gasteiger partial charge on any atom is -0.322 e. The number of carbonyl (C=O) groups is 1. The highest BCUT2D eigenvalue weighted by molar-refractivity contribution is 5.92. The van der Waals surface area contributed by atoms with E-state index in [1.54, 1.807) is 18.2 Å². The Morgan fingerprint density at radius 2 is 2.05 bits per heavy atom. The molecule has 1 aliphatic heterocycles. The zero-order valence-corrected chi connectivity index (χ0v) is 13.8. The van der Waals surface area contributed by atoms with E-state index in [9.17, 15) is 9.18 Å². The number of hydrogen-bond donors (Lipinski definition) is 2. The van der Waals surface area contributed by atoms with E-state index in [1.807, 2.05) is 0 Å². The van der Waals surface area contributed by atoms with Crippen LogP contribution in [0.25, 0.3) is 0 Å². The summed E-state index contributed by atoms with van der Waals surface area (Å²) in [5, 5.41) is 6.00. The number of anilines is 1. The summed E-state index contributed by atoms with van der Waals surface area (Å²) in [5.74, 6) is -0.540. The minimum absolute atomic E-state index is 0. The van der Waals surface area contributed by atoms with Gasteiger partial charge < -0.3 is 10.6 Å². The lowest BCUT2D eigenvalue weighted by Gasteiger charge is -2.34. The SMILES string of the molecule is CCCN(CC(=O)Nc1ccccc1F)C1CCNCC1.Cl. The molecule has 0 spiro atoms. The summed E-state index contributed by atoms with van der Waals surface area (Å²) in [6.45, 7) is 5.34. The summed E-state index contributed by atoms with van der Waals surface area (Å²) in [7, 11) is 0. The van der Waals surface area contributed by atoms with Crippen molar-refractivity contribution in [1.29, 1.82) is 0 Å². The Labute approximate surface area is 137 Å². The van der Waals surface area contributed by atoms with Gasteiger partial charge in [-0.2, -0.15) is 0 Å². The number of carbonyl (C=O) groups excluding carboxylic acids is 1. The molecule has 1 aromatic rings. The second-order valence-electron chi connectivity index (χ2n) is 5.48. The van der Waals surface area contributed by atoms with Gasteiger partial charge in [0.1, 0.15) is 5.82 Å². The molecule has 22 heavy (non-hydrogen) atoms. The normalized spacial score (nSPS) is 15.4. The molecule has 1 heterocycles. The number of nitrogens with zero attached hydrogens (tertiary/aromatic N) is 1. The van der Waals surface area contributed by atoms with Gasteiger partial charge in [-0.25, -0.2) is 4.39 Å². The fourth-order valence-corrected chi connectivity index (χ4v) is 2.79. The second kappa shape index (κ2) is 9.77. The Hall–Kier alpha value is -1.17. The van der Waals surface area contributed by atoms with Crippen LogP contribution in [0.4, 0.5) is 10.1 Å². The first kappa shape index (κ1) is 18.9. The lowest BCUT2D eigenvalue weighted by atomic mass is 10.0. The van der Waals surface area contributed by atoms with Crippen LogP contribution in [0, 0.1) is 5.82 Å². The molecule has 0 atom stereocenters. The number of para-hydroxylation sites is 1. The van der Waals surface area contributed by atoms with E-state index in [1.165, 1.54) is 6.07 Å². The molecule has 1 amide bonds. The van der Waals surface area contributed by atoms with Gasteiger partial charge in [-0.05, 0) is 51.0 Å². The predicted molar refractivity (Wildman–Crippen MR) is 90.0 cm³/mol. The van der Waals surface area contributed by atoms with E-state index in [0.717, 1.165) is 38.9 Å². The molecule has 0 radical (unpaired) electrons. The molecule has 4 nitrogen and oxygen atoms in total. The van der Waals surface area contributed by atoms with Gasteiger partial charge in [-0.15, -0.1) is 12.4 Å². The molecule has 1 aromatic carbocycles. The van der Waals surface area contributed by atoms with Crippen LogP contribution >= 0.6 is 12.4 Å². The number of amides is 1. The van der Waals surface area contributed by atoms with Crippen molar-refractivity contribution in [2.75, 3.05) is 31.5 Å². The summed E-state index contributed by atoms with van der Waals surface area (Å²) in [6, 6.07) is 6.71. The van der Waals surface area contributed by atoms with Crippen LogP contribution in [-0.2, 0) is 4.79 Å². The molecule has 0 unspecified atom stereocenters. The van der Waals surface area contributed by atoms with Crippen LogP contribution in [0.3, 0.4) is 0 Å². The molecule has 0 aliphatic carbocycles. The minimum atomic E-state index is -0.394. The van der Waals surface area contributed by atoms with E-state index < -0.39 is 5.82 Å². The summed E-state index contributed by atoms with van der Waals surface area (Å²) >= 11 is 0. The molecule has 2 rings (SSSR count). The molecular formula is C16H25ClFN3O. The molecule has 6 heteroatoms. The zero-order chi connectivity index (χ0) is 15.1. The van der Waals surface area contributed by atoms with Gasteiger partial charge in [-0.3, -0.25) is 9.69 Å².